The number of benzene rings is 1. The van der Waals surface area contributed by atoms with Gasteiger partial charge in [0.05, 0.1) is 5.69 Å². The van der Waals surface area contributed by atoms with Crippen molar-refractivity contribution in [2.75, 3.05) is 17.6 Å². The second-order valence-electron chi connectivity index (χ2n) is 6.28. The van der Waals surface area contributed by atoms with Gasteiger partial charge < -0.3 is 11.1 Å². The molecule has 29 heavy (non-hydrogen) atoms. The summed E-state index contributed by atoms with van der Waals surface area (Å²) in [5, 5.41) is 13.1. The third-order valence-electron chi connectivity index (χ3n) is 4.52. The van der Waals surface area contributed by atoms with Gasteiger partial charge in [-0.3, -0.25) is 9.97 Å². The molecule has 3 aromatic heterocycles. The van der Waals surface area contributed by atoms with E-state index in [-0.39, 0.29) is 17.2 Å². The molecular formula is C21H16FN7. The van der Waals surface area contributed by atoms with Crippen LogP contribution in [0.2, 0.25) is 0 Å². The number of para-hydroxylation sites is 1. The van der Waals surface area contributed by atoms with Crippen LogP contribution in [0.4, 0.5) is 16.0 Å². The van der Waals surface area contributed by atoms with E-state index in [4.69, 9.17) is 5.73 Å². The van der Waals surface area contributed by atoms with Crippen molar-refractivity contribution in [3.8, 4) is 17.3 Å². The van der Waals surface area contributed by atoms with Gasteiger partial charge in [0.25, 0.3) is 0 Å². The normalized spacial score (nSPS) is 10.6. The summed E-state index contributed by atoms with van der Waals surface area (Å²) in [5.41, 5.74) is 8.71. The molecular weight excluding hydrogens is 369 g/mol. The van der Waals surface area contributed by atoms with E-state index in [0.717, 1.165) is 16.8 Å². The van der Waals surface area contributed by atoms with Crippen molar-refractivity contribution in [1.29, 1.82) is 5.26 Å². The van der Waals surface area contributed by atoms with Gasteiger partial charge in [-0.15, -0.1) is 0 Å². The predicted molar refractivity (Wildman–Crippen MR) is 108 cm³/mol. The smallest absolute Gasteiger partial charge is 0.149 e. The maximum atomic E-state index is 14.3. The molecule has 0 atom stereocenters. The first-order chi connectivity index (χ1) is 14.2. The number of hydrogen-bond donors (Lipinski definition) is 2. The lowest BCUT2D eigenvalue weighted by molar-refractivity contribution is 0.637. The van der Waals surface area contributed by atoms with Crippen LogP contribution >= 0.6 is 0 Å². The van der Waals surface area contributed by atoms with Gasteiger partial charge in [-0.2, -0.15) is 5.26 Å². The molecule has 0 spiro atoms. The number of nitrogens with zero attached hydrogens (tertiary/aromatic N) is 5. The van der Waals surface area contributed by atoms with Crippen molar-refractivity contribution in [3.63, 3.8) is 0 Å². The van der Waals surface area contributed by atoms with Crippen molar-refractivity contribution >= 4 is 22.5 Å². The number of halogens is 1. The second kappa shape index (κ2) is 7.86. The van der Waals surface area contributed by atoms with Crippen LogP contribution < -0.4 is 11.1 Å². The molecule has 0 bridgehead atoms. The van der Waals surface area contributed by atoms with Crippen LogP contribution in [-0.2, 0) is 6.42 Å². The lowest BCUT2D eigenvalue weighted by Gasteiger charge is -2.14. The number of nitrogen functional groups attached to an aromatic ring is 1. The van der Waals surface area contributed by atoms with Crippen LogP contribution in [0.1, 0.15) is 11.1 Å². The molecule has 0 aliphatic heterocycles. The summed E-state index contributed by atoms with van der Waals surface area (Å²) in [4.78, 5) is 16.7. The molecule has 0 unspecified atom stereocenters. The molecule has 3 heterocycles. The van der Waals surface area contributed by atoms with E-state index < -0.39 is 0 Å². The Balaban J connectivity index is 1.70. The Labute approximate surface area is 166 Å². The average Bonchev–Trinajstić information content (AvgIpc) is 2.74. The molecule has 142 valence electrons. The van der Waals surface area contributed by atoms with E-state index in [0.29, 0.717) is 29.7 Å². The lowest BCUT2D eigenvalue weighted by Crippen LogP contribution is -2.11. The molecule has 1 aromatic carbocycles. The van der Waals surface area contributed by atoms with E-state index >= 15 is 0 Å². The van der Waals surface area contributed by atoms with Gasteiger partial charge >= 0.3 is 0 Å². The molecule has 8 heteroatoms. The number of nitriles is 1. The van der Waals surface area contributed by atoms with Crippen LogP contribution in [0.3, 0.4) is 0 Å². The third kappa shape index (κ3) is 3.53. The van der Waals surface area contributed by atoms with E-state index in [9.17, 15) is 9.65 Å². The molecule has 0 saturated carbocycles. The van der Waals surface area contributed by atoms with E-state index in [1.807, 2.05) is 30.3 Å². The van der Waals surface area contributed by atoms with Crippen molar-refractivity contribution in [2.45, 2.75) is 6.42 Å². The first kappa shape index (κ1) is 18.3. The summed E-state index contributed by atoms with van der Waals surface area (Å²) in [6, 6.07) is 12.5. The number of nitrogens with one attached hydrogen (secondary N) is 1. The zero-order valence-corrected chi connectivity index (χ0v) is 15.3. The number of rotatable bonds is 5. The number of hydrogen-bond acceptors (Lipinski definition) is 7. The van der Waals surface area contributed by atoms with Crippen LogP contribution in [0.25, 0.3) is 22.2 Å². The van der Waals surface area contributed by atoms with Gasteiger partial charge in [0.2, 0.25) is 0 Å². The maximum Gasteiger partial charge on any atom is 0.149 e. The van der Waals surface area contributed by atoms with Crippen LogP contribution in [0.5, 0.6) is 0 Å². The minimum atomic E-state index is -0.375. The summed E-state index contributed by atoms with van der Waals surface area (Å²) in [5.74, 6) is 0.126. The fourth-order valence-corrected chi connectivity index (χ4v) is 3.19. The van der Waals surface area contributed by atoms with Crippen LogP contribution in [0, 0.1) is 17.1 Å². The van der Waals surface area contributed by atoms with Crippen molar-refractivity contribution < 1.29 is 4.39 Å². The quantitative estimate of drug-likeness (QED) is 0.542. The zero-order chi connectivity index (χ0) is 20.2. The molecule has 0 aliphatic carbocycles. The van der Waals surface area contributed by atoms with Gasteiger partial charge in [0, 0.05) is 29.9 Å². The Morgan fingerprint density at radius 2 is 1.97 bits per heavy atom. The molecule has 4 rings (SSSR count). The highest BCUT2D eigenvalue weighted by Crippen LogP contribution is 2.31. The third-order valence-corrected chi connectivity index (χ3v) is 4.52. The highest BCUT2D eigenvalue weighted by Gasteiger charge is 2.15. The Kier molecular flexibility index (Phi) is 4.95. The highest BCUT2D eigenvalue weighted by atomic mass is 19.1. The number of anilines is 2. The average molecular weight is 385 g/mol. The number of pyridine rings is 2. The highest BCUT2D eigenvalue weighted by molar-refractivity contribution is 5.95. The Morgan fingerprint density at radius 1 is 1.07 bits per heavy atom. The van der Waals surface area contributed by atoms with Gasteiger partial charge in [-0.25, -0.2) is 14.4 Å². The van der Waals surface area contributed by atoms with E-state index in [1.165, 1.54) is 12.4 Å². The van der Waals surface area contributed by atoms with Gasteiger partial charge in [0.1, 0.15) is 40.9 Å². The topological polar surface area (TPSA) is 113 Å². The lowest BCUT2D eigenvalue weighted by atomic mass is 9.98. The minimum absolute atomic E-state index is 0.127. The van der Waals surface area contributed by atoms with Gasteiger partial charge in [-0.05, 0) is 30.2 Å². The Morgan fingerprint density at radius 3 is 2.76 bits per heavy atom. The van der Waals surface area contributed by atoms with E-state index in [2.05, 4.69) is 25.3 Å². The standard InChI is InChI=1S/C21H16FN7/c22-16-5-3-4-14-18(17-6-1-2-8-25-17)13(11-27-19(14)16)7-9-26-21-15(10-23)20(24)28-12-29-21/h1-6,8,11-12H,7,9H2,(H3,24,26,28,29). The van der Waals surface area contributed by atoms with Crippen molar-refractivity contribution in [3.05, 3.63) is 72.1 Å². The van der Waals surface area contributed by atoms with E-state index in [1.54, 1.807) is 18.5 Å². The fourth-order valence-electron chi connectivity index (χ4n) is 3.19. The first-order valence-corrected chi connectivity index (χ1v) is 8.91. The largest absolute Gasteiger partial charge is 0.382 e. The van der Waals surface area contributed by atoms with Crippen LogP contribution in [0.15, 0.2) is 55.1 Å². The summed E-state index contributed by atoms with van der Waals surface area (Å²) >= 11 is 0. The molecule has 4 aromatic rings. The minimum Gasteiger partial charge on any atom is -0.382 e. The molecule has 3 N–H and O–H groups in total. The predicted octanol–water partition coefficient (Wildman–Crippen LogP) is 3.33. The summed E-state index contributed by atoms with van der Waals surface area (Å²) in [7, 11) is 0. The Bertz CT molecular complexity index is 1220. The molecule has 0 aliphatic rings. The zero-order valence-electron chi connectivity index (χ0n) is 15.3. The fraction of sp³-hybridized carbons (Fsp3) is 0.0952. The molecule has 7 nitrogen and oxygen atoms in total. The van der Waals surface area contributed by atoms with Crippen LogP contribution in [-0.4, -0.2) is 26.5 Å². The number of nitrogens with two attached hydrogens (primary N) is 1. The van der Waals surface area contributed by atoms with Crippen molar-refractivity contribution in [1.82, 2.24) is 19.9 Å². The summed E-state index contributed by atoms with van der Waals surface area (Å²) < 4.78 is 14.3. The molecule has 0 fully saturated rings. The van der Waals surface area contributed by atoms with Crippen molar-refractivity contribution in [2.24, 2.45) is 0 Å². The molecule has 0 radical (unpaired) electrons. The van der Waals surface area contributed by atoms with Gasteiger partial charge in [-0.1, -0.05) is 18.2 Å². The SMILES string of the molecule is N#Cc1c(N)ncnc1NCCc1cnc2c(F)cccc2c1-c1ccccn1. The Hall–Kier alpha value is -4.12. The molecule has 0 amide bonds. The number of fused-ring (bicyclic) bond motifs is 1. The monoisotopic (exact) mass is 385 g/mol. The number of aromatic nitrogens is 4. The summed E-state index contributed by atoms with van der Waals surface area (Å²) in [6.45, 7) is 0.466. The van der Waals surface area contributed by atoms with Gasteiger partial charge in [0.15, 0.2) is 0 Å². The first-order valence-electron chi connectivity index (χ1n) is 8.91. The summed E-state index contributed by atoms with van der Waals surface area (Å²) in [6.07, 6.45) is 5.22. The second-order valence-corrected chi connectivity index (χ2v) is 6.28. The molecule has 0 saturated heterocycles. The maximum absolute atomic E-state index is 14.3.